The SMILES string of the molecule is CCNC(Cc1ccc(F)cc1C)c1cnccn1. The van der Waals surface area contributed by atoms with Crippen molar-refractivity contribution in [2.45, 2.75) is 26.3 Å². The Morgan fingerprint density at radius 3 is 2.79 bits per heavy atom. The Kier molecular flexibility index (Phi) is 4.58. The fourth-order valence-electron chi connectivity index (χ4n) is 2.13. The van der Waals surface area contributed by atoms with Gasteiger partial charge in [0.1, 0.15) is 5.82 Å². The standard InChI is InChI=1S/C15H18FN3/c1-3-18-14(15-10-17-6-7-19-15)9-12-4-5-13(16)8-11(12)2/h4-8,10,14,18H,3,9H2,1-2H3. The average Bonchev–Trinajstić information content (AvgIpc) is 2.42. The third-order valence-corrected chi connectivity index (χ3v) is 3.12. The van der Waals surface area contributed by atoms with E-state index >= 15 is 0 Å². The molecule has 1 unspecified atom stereocenters. The van der Waals surface area contributed by atoms with Crippen LogP contribution in [-0.4, -0.2) is 16.5 Å². The molecule has 1 heterocycles. The summed E-state index contributed by atoms with van der Waals surface area (Å²) < 4.78 is 13.1. The molecule has 4 heteroatoms. The molecule has 0 spiro atoms. The molecule has 0 aliphatic rings. The summed E-state index contributed by atoms with van der Waals surface area (Å²) in [6, 6.07) is 5.01. The van der Waals surface area contributed by atoms with E-state index in [9.17, 15) is 4.39 Å². The van der Waals surface area contributed by atoms with Crippen molar-refractivity contribution in [2.24, 2.45) is 0 Å². The van der Waals surface area contributed by atoms with Crippen molar-refractivity contribution in [3.63, 3.8) is 0 Å². The van der Waals surface area contributed by atoms with E-state index < -0.39 is 0 Å². The largest absolute Gasteiger partial charge is 0.309 e. The van der Waals surface area contributed by atoms with Crippen molar-refractivity contribution < 1.29 is 4.39 Å². The van der Waals surface area contributed by atoms with Crippen LogP contribution in [0.2, 0.25) is 0 Å². The van der Waals surface area contributed by atoms with Crippen LogP contribution in [0.15, 0.2) is 36.8 Å². The van der Waals surface area contributed by atoms with Crippen LogP contribution in [0.4, 0.5) is 4.39 Å². The molecule has 19 heavy (non-hydrogen) atoms. The predicted molar refractivity (Wildman–Crippen MR) is 73.3 cm³/mol. The van der Waals surface area contributed by atoms with E-state index in [4.69, 9.17) is 0 Å². The van der Waals surface area contributed by atoms with E-state index in [-0.39, 0.29) is 11.9 Å². The summed E-state index contributed by atoms with van der Waals surface area (Å²) in [5.41, 5.74) is 3.00. The second-order valence-corrected chi connectivity index (χ2v) is 4.52. The second kappa shape index (κ2) is 6.38. The Hall–Kier alpha value is -1.81. The normalized spacial score (nSPS) is 12.4. The number of likely N-dealkylation sites (N-methyl/N-ethyl adjacent to an activating group) is 1. The van der Waals surface area contributed by atoms with Crippen LogP contribution in [0.5, 0.6) is 0 Å². The molecule has 0 amide bonds. The summed E-state index contributed by atoms with van der Waals surface area (Å²) in [5, 5.41) is 3.39. The number of nitrogens with zero attached hydrogens (tertiary/aromatic N) is 2. The Morgan fingerprint density at radius 2 is 2.16 bits per heavy atom. The molecule has 0 aliphatic heterocycles. The lowest BCUT2D eigenvalue weighted by Crippen LogP contribution is -2.24. The van der Waals surface area contributed by atoms with Crippen molar-refractivity contribution in [3.8, 4) is 0 Å². The number of hydrogen-bond acceptors (Lipinski definition) is 3. The van der Waals surface area contributed by atoms with Gasteiger partial charge in [0.25, 0.3) is 0 Å². The number of hydrogen-bond donors (Lipinski definition) is 1. The molecule has 0 bridgehead atoms. The first-order valence-corrected chi connectivity index (χ1v) is 6.45. The highest BCUT2D eigenvalue weighted by atomic mass is 19.1. The first kappa shape index (κ1) is 13.6. The maximum atomic E-state index is 13.1. The smallest absolute Gasteiger partial charge is 0.123 e. The van der Waals surface area contributed by atoms with Gasteiger partial charge in [0.2, 0.25) is 0 Å². The molecule has 1 atom stereocenters. The summed E-state index contributed by atoms with van der Waals surface area (Å²) in [5.74, 6) is -0.194. The van der Waals surface area contributed by atoms with Crippen molar-refractivity contribution in [1.29, 1.82) is 0 Å². The highest BCUT2D eigenvalue weighted by Crippen LogP contribution is 2.19. The van der Waals surface area contributed by atoms with Gasteiger partial charge < -0.3 is 5.32 Å². The lowest BCUT2D eigenvalue weighted by atomic mass is 9.99. The number of aromatic nitrogens is 2. The number of halogens is 1. The van der Waals surface area contributed by atoms with Gasteiger partial charge in [-0.25, -0.2) is 4.39 Å². The van der Waals surface area contributed by atoms with Gasteiger partial charge in [-0.15, -0.1) is 0 Å². The van der Waals surface area contributed by atoms with E-state index in [2.05, 4.69) is 22.2 Å². The van der Waals surface area contributed by atoms with Gasteiger partial charge in [-0.05, 0) is 43.1 Å². The first-order chi connectivity index (χ1) is 9.20. The highest BCUT2D eigenvalue weighted by molar-refractivity contribution is 5.28. The maximum Gasteiger partial charge on any atom is 0.123 e. The Morgan fingerprint density at radius 1 is 1.32 bits per heavy atom. The molecule has 1 aromatic carbocycles. The molecule has 0 aliphatic carbocycles. The van der Waals surface area contributed by atoms with Gasteiger partial charge in [-0.2, -0.15) is 0 Å². The van der Waals surface area contributed by atoms with Gasteiger partial charge in [-0.3, -0.25) is 9.97 Å². The molecular weight excluding hydrogens is 241 g/mol. The topological polar surface area (TPSA) is 37.8 Å². The van der Waals surface area contributed by atoms with Crippen LogP contribution in [0, 0.1) is 12.7 Å². The molecule has 1 N–H and O–H groups in total. The number of aryl methyl sites for hydroxylation is 1. The van der Waals surface area contributed by atoms with Crippen LogP contribution in [0.25, 0.3) is 0 Å². The zero-order valence-electron chi connectivity index (χ0n) is 11.2. The monoisotopic (exact) mass is 259 g/mol. The first-order valence-electron chi connectivity index (χ1n) is 6.45. The van der Waals surface area contributed by atoms with Gasteiger partial charge in [0.05, 0.1) is 11.7 Å². The molecular formula is C15H18FN3. The van der Waals surface area contributed by atoms with Crippen LogP contribution in [0.3, 0.4) is 0 Å². The molecule has 100 valence electrons. The van der Waals surface area contributed by atoms with E-state index in [1.807, 2.05) is 13.0 Å². The summed E-state index contributed by atoms with van der Waals surface area (Å²) in [6.45, 7) is 4.83. The quantitative estimate of drug-likeness (QED) is 0.897. The molecule has 2 aromatic rings. The van der Waals surface area contributed by atoms with Crippen LogP contribution in [0.1, 0.15) is 29.8 Å². The molecule has 3 nitrogen and oxygen atoms in total. The Labute approximate surface area is 112 Å². The fourth-order valence-corrected chi connectivity index (χ4v) is 2.13. The minimum absolute atomic E-state index is 0.0999. The molecule has 0 saturated heterocycles. The zero-order valence-corrected chi connectivity index (χ0v) is 11.2. The van der Waals surface area contributed by atoms with Crippen molar-refractivity contribution >= 4 is 0 Å². The minimum atomic E-state index is -0.194. The minimum Gasteiger partial charge on any atom is -0.309 e. The van der Waals surface area contributed by atoms with Gasteiger partial charge in [-0.1, -0.05) is 13.0 Å². The fraction of sp³-hybridized carbons (Fsp3) is 0.333. The van der Waals surface area contributed by atoms with Crippen LogP contribution in [-0.2, 0) is 6.42 Å². The molecule has 2 rings (SSSR count). The maximum absolute atomic E-state index is 13.1. The molecule has 0 fully saturated rings. The van der Waals surface area contributed by atoms with Crippen molar-refractivity contribution in [3.05, 3.63) is 59.4 Å². The summed E-state index contributed by atoms with van der Waals surface area (Å²) in [6.07, 6.45) is 5.90. The number of nitrogens with one attached hydrogen (secondary N) is 1. The lowest BCUT2D eigenvalue weighted by molar-refractivity contribution is 0.532. The van der Waals surface area contributed by atoms with Gasteiger partial charge in [0.15, 0.2) is 0 Å². The predicted octanol–water partition coefficient (Wildman–Crippen LogP) is 2.82. The van der Waals surface area contributed by atoms with Gasteiger partial charge in [0, 0.05) is 18.6 Å². The third-order valence-electron chi connectivity index (χ3n) is 3.12. The third kappa shape index (κ3) is 3.58. The van der Waals surface area contributed by atoms with E-state index in [1.54, 1.807) is 24.7 Å². The van der Waals surface area contributed by atoms with Crippen LogP contribution >= 0.6 is 0 Å². The number of rotatable bonds is 5. The van der Waals surface area contributed by atoms with Crippen LogP contribution < -0.4 is 5.32 Å². The van der Waals surface area contributed by atoms with Gasteiger partial charge >= 0.3 is 0 Å². The average molecular weight is 259 g/mol. The zero-order chi connectivity index (χ0) is 13.7. The van der Waals surface area contributed by atoms with E-state index in [1.165, 1.54) is 6.07 Å². The number of benzene rings is 1. The van der Waals surface area contributed by atoms with Crippen molar-refractivity contribution in [2.75, 3.05) is 6.54 Å². The van der Waals surface area contributed by atoms with Crippen molar-refractivity contribution in [1.82, 2.24) is 15.3 Å². The molecule has 0 radical (unpaired) electrons. The van der Waals surface area contributed by atoms with E-state index in [0.29, 0.717) is 0 Å². The Bertz CT molecular complexity index is 528. The molecule has 1 aromatic heterocycles. The highest BCUT2D eigenvalue weighted by Gasteiger charge is 2.14. The summed E-state index contributed by atoms with van der Waals surface area (Å²) in [7, 11) is 0. The summed E-state index contributed by atoms with van der Waals surface area (Å²) in [4.78, 5) is 8.45. The Balaban J connectivity index is 2.21. The molecule has 0 saturated carbocycles. The lowest BCUT2D eigenvalue weighted by Gasteiger charge is -2.18. The summed E-state index contributed by atoms with van der Waals surface area (Å²) >= 11 is 0. The second-order valence-electron chi connectivity index (χ2n) is 4.52. The van der Waals surface area contributed by atoms with E-state index in [0.717, 1.165) is 29.8 Å².